The van der Waals surface area contributed by atoms with Crippen molar-refractivity contribution < 1.29 is 8.42 Å². The summed E-state index contributed by atoms with van der Waals surface area (Å²) >= 11 is 5.88. The van der Waals surface area contributed by atoms with Gasteiger partial charge in [0.1, 0.15) is 0 Å². The summed E-state index contributed by atoms with van der Waals surface area (Å²) in [6.45, 7) is 2.32. The van der Waals surface area contributed by atoms with E-state index in [0.717, 1.165) is 24.0 Å². The average molecular weight is 324 g/mol. The molecule has 3 nitrogen and oxygen atoms in total. The molecular formula is C16H18ClNO2S. The van der Waals surface area contributed by atoms with Crippen molar-refractivity contribution in [2.45, 2.75) is 31.2 Å². The van der Waals surface area contributed by atoms with Crippen LogP contribution in [0.2, 0.25) is 5.02 Å². The van der Waals surface area contributed by atoms with Crippen molar-refractivity contribution in [2.24, 2.45) is 0 Å². The normalized spacial score (nSPS) is 11.5. The highest BCUT2D eigenvalue weighted by Gasteiger charge is 2.13. The molecule has 0 aliphatic carbocycles. The van der Waals surface area contributed by atoms with Crippen LogP contribution >= 0.6 is 11.6 Å². The first-order chi connectivity index (χ1) is 10.0. The van der Waals surface area contributed by atoms with Crippen LogP contribution in [0.3, 0.4) is 0 Å². The first-order valence-electron chi connectivity index (χ1n) is 6.84. The van der Waals surface area contributed by atoms with Gasteiger partial charge in [-0.15, -0.1) is 0 Å². The molecule has 0 fully saturated rings. The van der Waals surface area contributed by atoms with E-state index in [0.29, 0.717) is 5.02 Å². The first kappa shape index (κ1) is 16.0. The molecule has 0 amide bonds. The van der Waals surface area contributed by atoms with Gasteiger partial charge < -0.3 is 0 Å². The summed E-state index contributed by atoms with van der Waals surface area (Å²) in [5.41, 5.74) is 1.97. The predicted octanol–water partition coefficient (Wildman–Crippen LogP) is 3.77. The quantitative estimate of drug-likeness (QED) is 0.879. The molecule has 5 heteroatoms. The molecule has 1 N–H and O–H groups in total. The smallest absolute Gasteiger partial charge is 0.207 e. The van der Waals surface area contributed by atoms with Gasteiger partial charge in [0.2, 0.25) is 10.0 Å². The van der Waals surface area contributed by atoms with Crippen LogP contribution in [0, 0.1) is 0 Å². The zero-order valence-corrected chi connectivity index (χ0v) is 13.4. The molecule has 0 heterocycles. The molecule has 0 atom stereocenters. The fourth-order valence-corrected chi connectivity index (χ4v) is 3.26. The van der Waals surface area contributed by atoms with Gasteiger partial charge in [-0.1, -0.05) is 49.2 Å². The van der Waals surface area contributed by atoms with Gasteiger partial charge in [-0.05, 0) is 41.8 Å². The molecule has 21 heavy (non-hydrogen) atoms. The lowest BCUT2D eigenvalue weighted by Gasteiger charge is -2.08. The van der Waals surface area contributed by atoms with E-state index in [2.05, 4.69) is 11.6 Å². The second-order valence-corrected chi connectivity index (χ2v) is 7.05. The molecule has 0 spiro atoms. The number of hydrogen-bond acceptors (Lipinski definition) is 2. The lowest BCUT2D eigenvalue weighted by atomic mass is 10.1. The summed E-state index contributed by atoms with van der Waals surface area (Å²) in [5, 5.41) is 0.593. The van der Waals surface area contributed by atoms with Gasteiger partial charge in [-0.3, -0.25) is 0 Å². The number of aryl methyl sites for hydroxylation is 1. The first-order valence-corrected chi connectivity index (χ1v) is 8.70. The Hall–Kier alpha value is -1.36. The molecule has 2 aromatic carbocycles. The molecule has 112 valence electrons. The van der Waals surface area contributed by atoms with Crippen LogP contribution < -0.4 is 4.72 Å². The van der Waals surface area contributed by atoms with Crippen LogP contribution in [0.5, 0.6) is 0 Å². The SMILES string of the molecule is CCCc1ccc(S(=O)(=O)NCc2cccc(Cl)c2)cc1. The average Bonchev–Trinajstić information content (AvgIpc) is 2.46. The van der Waals surface area contributed by atoms with Crippen molar-refractivity contribution in [1.29, 1.82) is 0 Å². The predicted molar refractivity (Wildman–Crippen MR) is 85.9 cm³/mol. The number of benzene rings is 2. The summed E-state index contributed by atoms with van der Waals surface area (Å²) in [6, 6.07) is 14.1. The van der Waals surface area contributed by atoms with Crippen LogP contribution in [0.15, 0.2) is 53.4 Å². The fourth-order valence-electron chi connectivity index (χ4n) is 2.03. The highest BCUT2D eigenvalue weighted by atomic mass is 35.5. The van der Waals surface area contributed by atoms with Gasteiger partial charge in [0.25, 0.3) is 0 Å². The van der Waals surface area contributed by atoms with Gasteiger partial charge in [0.05, 0.1) is 4.90 Å². The van der Waals surface area contributed by atoms with E-state index in [-0.39, 0.29) is 11.4 Å². The third-order valence-corrected chi connectivity index (χ3v) is 4.78. The molecule has 0 aliphatic heterocycles. The minimum Gasteiger partial charge on any atom is -0.207 e. The Labute approximate surface area is 131 Å². The second kappa shape index (κ2) is 7.07. The molecule has 0 unspecified atom stereocenters. The molecule has 0 bridgehead atoms. The third-order valence-electron chi connectivity index (χ3n) is 3.13. The van der Waals surface area contributed by atoms with Crippen LogP contribution in [0.1, 0.15) is 24.5 Å². The molecule has 0 radical (unpaired) electrons. The Morgan fingerprint density at radius 3 is 2.38 bits per heavy atom. The Morgan fingerprint density at radius 1 is 1.05 bits per heavy atom. The zero-order valence-electron chi connectivity index (χ0n) is 11.8. The third kappa shape index (κ3) is 4.56. The standard InChI is InChI=1S/C16H18ClNO2S/c1-2-4-13-7-9-16(10-8-13)21(19,20)18-12-14-5-3-6-15(17)11-14/h3,5-11,18H,2,4,12H2,1H3. The number of sulfonamides is 1. The Balaban J connectivity index is 2.07. The Kier molecular flexibility index (Phi) is 5.39. The van der Waals surface area contributed by atoms with Gasteiger partial charge in [-0.2, -0.15) is 0 Å². The van der Waals surface area contributed by atoms with Crippen molar-refractivity contribution in [3.63, 3.8) is 0 Å². The van der Waals surface area contributed by atoms with E-state index in [1.807, 2.05) is 18.2 Å². The van der Waals surface area contributed by atoms with Crippen molar-refractivity contribution in [1.82, 2.24) is 4.72 Å². The second-order valence-electron chi connectivity index (χ2n) is 4.85. The lowest BCUT2D eigenvalue weighted by molar-refractivity contribution is 0.581. The van der Waals surface area contributed by atoms with Crippen molar-refractivity contribution >= 4 is 21.6 Å². The number of rotatable bonds is 6. The molecule has 0 saturated heterocycles. The van der Waals surface area contributed by atoms with Crippen LogP contribution in [-0.4, -0.2) is 8.42 Å². The Bertz CT molecular complexity index is 696. The molecule has 2 rings (SSSR count). The van der Waals surface area contributed by atoms with E-state index in [1.54, 1.807) is 30.3 Å². The minimum atomic E-state index is -3.50. The van der Waals surface area contributed by atoms with Gasteiger partial charge in [0, 0.05) is 11.6 Å². The summed E-state index contributed by atoms with van der Waals surface area (Å²) < 4.78 is 27.0. The maximum absolute atomic E-state index is 12.2. The van der Waals surface area contributed by atoms with Crippen molar-refractivity contribution in [3.8, 4) is 0 Å². The summed E-state index contributed by atoms with van der Waals surface area (Å²) in [6.07, 6.45) is 2.00. The summed E-state index contributed by atoms with van der Waals surface area (Å²) in [7, 11) is -3.50. The van der Waals surface area contributed by atoms with Gasteiger partial charge >= 0.3 is 0 Å². The highest BCUT2D eigenvalue weighted by molar-refractivity contribution is 7.89. The van der Waals surface area contributed by atoms with Gasteiger partial charge in [-0.25, -0.2) is 13.1 Å². The lowest BCUT2D eigenvalue weighted by Crippen LogP contribution is -2.23. The van der Waals surface area contributed by atoms with Crippen LogP contribution in [0.25, 0.3) is 0 Å². The monoisotopic (exact) mass is 323 g/mol. The maximum atomic E-state index is 12.2. The van der Waals surface area contributed by atoms with E-state index in [4.69, 9.17) is 11.6 Å². The highest BCUT2D eigenvalue weighted by Crippen LogP contribution is 2.14. The topological polar surface area (TPSA) is 46.2 Å². The van der Waals surface area contributed by atoms with E-state index in [1.165, 1.54) is 0 Å². The molecule has 0 aromatic heterocycles. The van der Waals surface area contributed by atoms with Crippen molar-refractivity contribution in [2.75, 3.05) is 0 Å². The van der Waals surface area contributed by atoms with E-state index < -0.39 is 10.0 Å². The largest absolute Gasteiger partial charge is 0.240 e. The molecule has 0 aliphatic rings. The maximum Gasteiger partial charge on any atom is 0.240 e. The fraction of sp³-hybridized carbons (Fsp3) is 0.250. The summed E-state index contributed by atoms with van der Waals surface area (Å²) in [4.78, 5) is 0.282. The molecular weight excluding hydrogens is 306 g/mol. The summed E-state index contributed by atoms with van der Waals surface area (Å²) in [5.74, 6) is 0. The van der Waals surface area contributed by atoms with E-state index in [9.17, 15) is 8.42 Å². The number of halogens is 1. The Morgan fingerprint density at radius 2 is 1.76 bits per heavy atom. The van der Waals surface area contributed by atoms with Gasteiger partial charge in [0.15, 0.2) is 0 Å². The van der Waals surface area contributed by atoms with Crippen LogP contribution in [0.4, 0.5) is 0 Å². The molecule has 2 aromatic rings. The minimum absolute atomic E-state index is 0.222. The zero-order chi connectivity index (χ0) is 15.3. The van der Waals surface area contributed by atoms with Crippen molar-refractivity contribution in [3.05, 3.63) is 64.7 Å². The van der Waals surface area contributed by atoms with E-state index >= 15 is 0 Å². The van der Waals surface area contributed by atoms with Crippen LogP contribution in [-0.2, 0) is 23.0 Å². The number of hydrogen-bond donors (Lipinski definition) is 1. The number of nitrogens with one attached hydrogen (secondary N) is 1. The molecule has 0 saturated carbocycles.